The predicted molar refractivity (Wildman–Crippen MR) is 71.4 cm³/mol. The number of nitrogens with zero attached hydrogens (tertiary/aromatic N) is 1. The molecule has 0 aliphatic carbocycles. The molecule has 1 aromatic carbocycles. The molecule has 78 valence electrons. The van der Waals surface area contributed by atoms with E-state index < -0.39 is 0 Å². The molecule has 3 heteroatoms. The van der Waals surface area contributed by atoms with Gasteiger partial charge in [0, 0.05) is 16.0 Å². The highest BCUT2D eigenvalue weighted by atomic mass is 127. The number of aromatic nitrogens is 1. The molecule has 0 aliphatic rings. The standard InChI is InChI=1S/C12H13IN2/c1-10(14-15-8-2-3-9-15)11-4-6-12(13)7-5-11/h2-10,14H,1H3. The number of hydrogen-bond donors (Lipinski definition) is 1. The van der Waals surface area contributed by atoms with Crippen molar-refractivity contribution in [2.45, 2.75) is 13.0 Å². The molecule has 0 bridgehead atoms. The summed E-state index contributed by atoms with van der Waals surface area (Å²) in [7, 11) is 0. The molecule has 2 nitrogen and oxygen atoms in total. The second-order valence-corrected chi connectivity index (χ2v) is 4.74. The van der Waals surface area contributed by atoms with Gasteiger partial charge in [-0.1, -0.05) is 12.1 Å². The van der Waals surface area contributed by atoms with Crippen LogP contribution in [0.4, 0.5) is 0 Å². The van der Waals surface area contributed by atoms with Gasteiger partial charge in [0.1, 0.15) is 0 Å². The van der Waals surface area contributed by atoms with Crippen molar-refractivity contribution in [3.63, 3.8) is 0 Å². The average molecular weight is 312 g/mol. The zero-order valence-electron chi connectivity index (χ0n) is 8.52. The normalized spacial score (nSPS) is 12.4. The highest BCUT2D eigenvalue weighted by Gasteiger charge is 2.03. The molecule has 0 saturated heterocycles. The van der Waals surface area contributed by atoms with Gasteiger partial charge in [0.05, 0.1) is 6.04 Å². The number of hydrogen-bond acceptors (Lipinski definition) is 1. The van der Waals surface area contributed by atoms with Crippen molar-refractivity contribution in [3.05, 3.63) is 57.9 Å². The fourth-order valence-electron chi connectivity index (χ4n) is 1.47. The molecule has 2 rings (SSSR count). The Morgan fingerprint density at radius 2 is 1.73 bits per heavy atom. The largest absolute Gasteiger partial charge is 0.319 e. The third-order valence-electron chi connectivity index (χ3n) is 2.32. The maximum absolute atomic E-state index is 3.37. The Balaban J connectivity index is 2.08. The van der Waals surface area contributed by atoms with Gasteiger partial charge in [0.25, 0.3) is 0 Å². The number of halogens is 1. The summed E-state index contributed by atoms with van der Waals surface area (Å²) >= 11 is 2.32. The molecule has 1 aromatic heterocycles. The first kappa shape index (κ1) is 10.5. The average Bonchev–Trinajstić information content (AvgIpc) is 2.71. The maximum Gasteiger partial charge on any atom is 0.0645 e. The van der Waals surface area contributed by atoms with Crippen LogP contribution in [0.3, 0.4) is 0 Å². The first-order chi connectivity index (χ1) is 7.25. The summed E-state index contributed by atoms with van der Waals surface area (Å²) in [5, 5.41) is 0. The van der Waals surface area contributed by atoms with Crippen LogP contribution >= 0.6 is 22.6 Å². The summed E-state index contributed by atoms with van der Waals surface area (Å²) in [5.41, 5.74) is 4.67. The van der Waals surface area contributed by atoms with E-state index in [1.54, 1.807) is 0 Å². The zero-order valence-corrected chi connectivity index (χ0v) is 10.7. The van der Waals surface area contributed by atoms with Gasteiger partial charge in [-0.15, -0.1) is 0 Å². The molecule has 1 atom stereocenters. The van der Waals surface area contributed by atoms with E-state index in [2.05, 4.69) is 59.2 Å². The van der Waals surface area contributed by atoms with Gasteiger partial charge in [-0.25, -0.2) is 0 Å². The van der Waals surface area contributed by atoms with E-state index >= 15 is 0 Å². The molecular weight excluding hydrogens is 299 g/mol. The fraction of sp³-hybridized carbons (Fsp3) is 0.167. The summed E-state index contributed by atoms with van der Waals surface area (Å²) < 4.78 is 3.24. The Bertz CT molecular complexity index is 406. The number of rotatable bonds is 3. The van der Waals surface area contributed by atoms with E-state index in [-0.39, 0.29) is 0 Å². The van der Waals surface area contributed by atoms with Crippen LogP contribution in [0.15, 0.2) is 48.8 Å². The summed E-state index contributed by atoms with van der Waals surface area (Å²) in [6, 6.07) is 12.9. The van der Waals surface area contributed by atoms with Gasteiger partial charge >= 0.3 is 0 Å². The summed E-state index contributed by atoms with van der Waals surface area (Å²) in [6.07, 6.45) is 4.01. The van der Waals surface area contributed by atoms with E-state index in [9.17, 15) is 0 Å². The van der Waals surface area contributed by atoms with Crippen LogP contribution in [-0.2, 0) is 0 Å². The molecule has 0 spiro atoms. The van der Waals surface area contributed by atoms with Crippen molar-refractivity contribution in [3.8, 4) is 0 Å². The molecule has 0 fully saturated rings. The zero-order chi connectivity index (χ0) is 10.7. The van der Waals surface area contributed by atoms with Crippen LogP contribution in [-0.4, -0.2) is 4.68 Å². The molecule has 1 N–H and O–H groups in total. The van der Waals surface area contributed by atoms with Crippen molar-refractivity contribution in [1.29, 1.82) is 0 Å². The van der Waals surface area contributed by atoms with Crippen molar-refractivity contribution in [1.82, 2.24) is 4.68 Å². The lowest BCUT2D eigenvalue weighted by atomic mass is 10.1. The Morgan fingerprint density at radius 1 is 1.13 bits per heavy atom. The van der Waals surface area contributed by atoms with E-state index in [0.29, 0.717) is 6.04 Å². The summed E-state index contributed by atoms with van der Waals surface area (Å²) in [4.78, 5) is 0. The molecule has 1 unspecified atom stereocenters. The van der Waals surface area contributed by atoms with Crippen LogP contribution in [0, 0.1) is 3.57 Å². The molecule has 2 aromatic rings. The van der Waals surface area contributed by atoms with Crippen molar-refractivity contribution in [2.24, 2.45) is 0 Å². The fourth-order valence-corrected chi connectivity index (χ4v) is 1.83. The van der Waals surface area contributed by atoms with Gasteiger partial charge in [0.2, 0.25) is 0 Å². The Kier molecular flexibility index (Phi) is 3.30. The van der Waals surface area contributed by atoms with Crippen molar-refractivity contribution in [2.75, 3.05) is 5.43 Å². The van der Waals surface area contributed by atoms with Gasteiger partial charge in [0.15, 0.2) is 0 Å². The molecular formula is C12H13IN2. The third kappa shape index (κ3) is 2.75. The number of benzene rings is 1. The lowest BCUT2D eigenvalue weighted by Crippen LogP contribution is -2.16. The Hall–Kier alpha value is -0.970. The van der Waals surface area contributed by atoms with Gasteiger partial charge in [-0.2, -0.15) is 0 Å². The minimum atomic E-state index is 0.314. The monoisotopic (exact) mass is 312 g/mol. The summed E-state index contributed by atoms with van der Waals surface area (Å²) in [5.74, 6) is 0. The first-order valence-electron chi connectivity index (χ1n) is 4.91. The topological polar surface area (TPSA) is 17.0 Å². The SMILES string of the molecule is CC(Nn1cccc1)c1ccc(I)cc1. The van der Waals surface area contributed by atoms with Gasteiger partial charge < -0.3 is 5.43 Å². The van der Waals surface area contributed by atoms with E-state index in [1.165, 1.54) is 9.13 Å². The van der Waals surface area contributed by atoms with Gasteiger partial charge in [-0.05, 0) is 59.3 Å². The van der Waals surface area contributed by atoms with Crippen LogP contribution < -0.4 is 5.43 Å². The Labute approximate surface area is 103 Å². The molecule has 15 heavy (non-hydrogen) atoms. The molecule has 0 amide bonds. The quantitative estimate of drug-likeness (QED) is 0.860. The van der Waals surface area contributed by atoms with E-state index in [0.717, 1.165) is 0 Å². The van der Waals surface area contributed by atoms with E-state index in [1.807, 2.05) is 29.2 Å². The van der Waals surface area contributed by atoms with Crippen LogP contribution in [0.25, 0.3) is 0 Å². The van der Waals surface area contributed by atoms with Gasteiger partial charge in [-0.3, -0.25) is 4.68 Å². The maximum atomic E-state index is 3.37. The summed E-state index contributed by atoms with van der Waals surface area (Å²) in [6.45, 7) is 2.15. The smallest absolute Gasteiger partial charge is 0.0645 e. The van der Waals surface area contributed by atoms with Crippen LogP contribution in [0.1, 0.15) is 18.5 Å². The lowest BCUT2D eigenvalue weighted by Gasteiger charge is -2.16. The highest BCUT2D eigenvalue weighted by molar-refractivity contribution is 14.1. The minimum absolute atomic E-state index is 0.314. The Morgan fingerprint density at radius 3 is 2.33 bits per heavy atom. The van der Waals surface area contributed by atoms with Crippen LogP contribution in [0.2, 0.25) is 0 Å². The lowest BCUT2D eigenvalue weighted by molar-refractivity contribution is 0.728. The van der Waals surface area contributed by atoms with E-state index in [4.69, 9.17) is 0 Å². The predicted octanol–water partition coefficient (Wildman–Crippen LogP) is 3.40. The first-order valence-corrected chi connectivity index (χ1v) is 5.98. The van der Waals surface area contributed by atoms with Crippen LogP contribution in [0.5, 0.6) is 0 Å². The van der Waals surface area contributed by atoms with Crippen molar-refractivity contribution < 1.29 is 0 Å². The molecule has 1 heterocycles. The molecule has 0 radical (unpaired) electrons. The second-order valence-electron chi connectivity index (χ2n) is 3.49. The number of nitrogens with one attached hydrogen (secondary N) is 1. The van der Waals surface area contributed by atoms with Crippen molar-refractivity contribution >= 4 is 22.6 Å². The second kappa shape index (κ2) is 4.70. The third-order valence-corrected chi connectivity index (χ3v) is 3.04. The highest BCUT2D eigenvalue weighted by Crippen LogP contribution is 2.15. The molecule has 0 saturated carbocycles. The minimum Gasteiger partial charge on any atom is -0.319 e. The molecule has 0 aliphatic heterocycles.